The third-order valence-electron chi connectivity index (χ3n) is 5.62. The minimum absolute atomic E-state index is 0.00443. The zero-order chi connectivity index (χ0) is 19.0. The van der Waals surface area contributed by atoms with Gasteiger partial charge in [-0.15, -0.1) is 11.3 Å². The second kappa shape index (κ2) is 7.24. The summed E-state index contributed by atoms with van der Waals surface area (Å²) in [5.74, 6) is 0.416. The van der Waals surface area contributed by atoms with E-state index in [1.54, 1.807) is 23.5 Å². The third-order valence-corrected chi connectivity index (χ3v) is 6.68. The van der Waals surface area contributed by atoms with Crippen LogP contribution in [0.25, 0.3) is 0 Å². The minimum atomic E-state index is -0.757. The number of piperidine rings is 1. The van der Waals surface area contributed by atoms with Crippen LogP contribution in [-0.2, 0) is 10.4 Å². The van der Waals surface area contributed by atoms with E-state index in [0.717, 1.165) is 23.5 Å². The monoisotopic (exact) mass is 388 g/mol. The largest absolute Gasteiger partial charge is 0.482 e. The molecule has 1 aromatic carbocycles. The molecule has 0 saturated carbocycles. The molecule has 7 heteroatoms. The third kappa shape index (κ3) is 3.60. The summed E-state index contributed by atoms with van der Waals surface area (Å²) in [6.45, 7) is 3.45. The lowest BCUT2D eigenvalue weighted by Crippen LogP contribution is -2.47. The molecule has 0 unspecified atom stereocenters. The molecule has 3 heterocycles. The molecule has 2 aromatic rings. The molecule has 0 bridgehead atoms. The van der Waals surface area contributed by atoms with E-state index in [2.05, 4.69) is 10.2 Å². The molecule has 2 aliphatic heterocycles. The number of benzene rings is 1. The average Bonchev–Trinajstić information content (AvgIpc) is 3.23. The van der Waals surface area contributed by atoms with Crippen molar-refractivity contribution in [1.29, 1.82) is 0 Å². The second-order valence-electron chi connectivity index (χ2n) is 7.32. The highest BCUT2D eigenvalue weighted by atomic mass is 32.1. The quantitative estimate of drug-likeness (QED) is 0.750. The van der Waals surface area contributed by atoms with Crippen LogP contribution in [0.4, 0.5) is 5.69 Å². The molecule has 144 valence electrons. The van der Waals surface area contributed by atoms with Gasteiger partial charge in [-0.3, -0.25) is 9.69 Å². The Morgan fingerprint density at radius 2 is 2.07 bits per heavy atom. The average molecular weight is 388 g/mol. The number of carbonyl (C=O) groups is 1. The number of hydrogen-bond acceptors (Lipinski definition) is 6. The number of carbonyl (C=O) groups excluding carboxylic acids is 1. The van der Waals surface area contributed by atoms with Gasteiger partial charge in [0.15, 0.2) is 6.61 Å². The number of nitrogens with zero attached hydrogens (tertiary/aromatic N) is 1. The zero-order valence-electron chi connectivity index (χ0n) is 15.2. The predicted octanol–water partition coefficient (Wildman–Crippen LogP) is 2.48. The van der Waals surface area contributed by atoms with Gasteiger partial charge in [0.2, 0.25) is 0 Å². The highest BCUT2D eigenvalue weighted by molar-refractivity contribution is 7.10. The molecule has 1 amide bonds. The van der Waals surface area contributed by atoms with Crippen LogP contribution in [-0.4, -0.2) is 46.8 Å². The van der Waals surface area contributed by atoms with Gasteiger partial charge in [-0.05, 0) is 48.9 Å². The molecule has 3 N–H and O–H groups in total. The summed E-state index contributed by atoms with van der Waals surface area (Å²) in [4.78, 5) is 14.6. The molecule has 2 aliphatic rings. The Kier molecular flexibility index (Phi) is 4.94. The van der Waals surface area contributed by atoms with E-state index in [0.29, 0.717) is 24.3 Å². The Bertz CT molecular complexity index is 815. The SMILES string of the molecule is C[C@@H]([C@@H](O)c1ccc2c(c1)OCC(=O)N2)N1CCC(O)(c2cccs2)CC1. The number of amides is 1. The fourth-order valence-electron chi connectivity index (χ4n) is 3.84. The van der Waals surface area contributed by atoms with Crippen molar-refractivity contribution in [3.8, 4) is 5.75 Å². The van der Waals surface area contributed by atoms with Crippen molar-refractivity contribution in [2.45, 2.75) is 37.5 Å². The predicted molar refractivity (Wildman–Crippen MR) is 104 cm³/mol. The van der Waals surface area contributed by atoms with Gasteiger partial charge >= 0.3 is 0 Å². The summed E-state index contributed by atoms with van der Waals surface area (Å²) in [5.41, 5.74) is 0.637. The number of aliphatic hydroxyl groups is 2. The van der Waals surface area contributed by atoms with Crippen LogP contribution in [0.1, 0.15) is 36.3 Å². The van der Waals surface area contributed by atoms with E-state index in [4.69, 9.17) is 4.74 Å². The summed E-state index contributed by atoms with van der Waals surface area (Å²) in [7, 11) is 0. The first-order valence-corrected chi connectivity index (χ1v) is 10.1. The van der Waals surface area contributed by atoms with E-state index in [-0.39, 0.29) is 18.6 Å². The van der Waals surface area contributed by atoms with E-state index in [1.165, 1.54) is 0 Å². The van der Waals surface area contributed by atoms with Gasteiger partial charge in [0, 0.05) is 24.0 Å². The van der Waals surface area contributed by atoms with Gasteiger partial charge in [0.1, 0.15) is 11.4 Å². The smallest absolute Gasteiger partial charge is 0.262 e. The maximum absolute atomic E-state index is 11.4. The number of aliphatic hydroxyl groups excluding tert-OH is 1. The molecule has 1 aromatic heterocycles. The molecule has 27 heavy (non-hydrogen) atoms. The lowest BCUT2D eigenvalue weighted by molar-refractivity contribution is -0.118. The summed E-state index contributed by atoms with van der Waals surface area (Å²) >= 11 is 1.59. The Hall–Kier alpha value is -1.93. The molecular weight excluding hydrogens is 364 g/mol. The lowest BCUT2D eigenvalue weighted by atomic mass is 9.88. The molecule has 2 atom stereocenters. The van der Waals surface area contributed by atoms with Gasteiger partial charge in [-0.2, -0.15) is 0 Å². The maximum Gasteiger partial charge on any atom is 0.262 e. The fraction of sp³-hybridized carbons (Fsp3) is 0.450. The summed E-state index contributed by atoms with van der Waals surface area (Å²) < 4.78 is 5.45. The Labute approximate surface area is 162 Å². The fourth-order valence-corrected chi connectivity index (χ4v) is 4.73. The molecule has 0 radical (unpaired) electrons. The Morgan fingerprint density at radius 1 is 1.30 bits per heavy atom. The van der Waals surface area contributed by atoms with E-state index < -0.39 is 11.7 Å². The van der Waals surface area contributed by atoms with Crippen LogP contribution in [0.2, 0.25) is 0 Å². The first-order valence-electron chi connectivity index (χ1n) is 9.21. The van der Waals surface area contributed by atoms with E-state index >= 15 is 0 Å². The molecule has 4 rings (SSSR count). The van der Waals surface area contributed by atoms with Crippen LogP contribution in [0, 0.1) is 0 Å². The van der Waals surface area contributed by atoms with Gasteiger partial charge in [-0.25, -0.2) is 0 Å². The summed E-state index contributed by atoms with van der Waals surface area (Å²) in [5, 5.41) is 26.5. The second-order valence-corrected chi connectivity index (χ2v) is 8.27. The number of hydrogen-bond donors (Lipinski definition) is 3. The standard InChI is InChI=1S/C20H24N2O4S/c1-13(22-8-6-20(25,7-9-22)17-3-2-10-27-17)19(24)14-4-5-15-16(11-14)26-12-18(23)21-15/h2-5,10-11,13,19,24-25H,6-9,12H2,1H3,(H,21,23)/t13-,19+/m0/s1. The van der Waals surface area contributed by atoms with Gasteiger partial charge in [0.25, 0.3) is 5.91 Å². The maximum atomic E-state index is 11.4. The van der Waals surface area contributed by atoms with Crippen LogP contribution in [0.5, 0.6) is 5.75 Å². The number of likely N-dealkylation sites (tertiary alicyclic amines) is 1. The van der Waals surface area contributed by atoms with Crippen molar-refractivity contribution in [3.63, 3.8) is 0 Å². The molecule has 6 nitrogen and oxygen atoms in total. The van der Waals surface area contributed by atoms with Crippen molar-refractivity contribution in [2.24, 2.45) is 0 Å². The van der Waals surface area contributed by atoms with Crippen molar-refractivity contribution >= 4 is 22.9 Å². The molecule has 0 aliphatic carbocycles. The van der Waals surface area contributed by atoms with Crippen molar-refractivity contribution < 1.29 is 19.7 Å². The number of rotatable bonds is 4. The van der Waals surface area contributed by atoms with Gasteiger partial charge in [0.05, 0.1) is 11.8 Å². The number of nitrogens with one attached hydrogen (secondary N) is 1. The molecule has 0 spiro atoms. The Morgan fingerprint density at radius 3 is 2.78 bits per heavy atom. The number of thiophene rings is 1. The molecule has 1 saturated heterocycles. The topological polar surface area (TPSA) is 82.0 Å². The zero-order valence-corrected chi connectivity index (χ0v) is 16.0. The van der Waals surface area contributed by atoms with E-state index in [1.807, 2.05) is 30.5 Å². The lowest BCUT2D eigenvalue weighted by Gasteiger charge is -2.41. The summed E-state index contributed by atoms with van der Waals surface area (Å²) in [6.07, 6.45) is 0.637. The van der Waals surface area contributed by atoms with Gasteiger partial charge in [-0.1, -0.05) is 12.1 Å². The van der Waals surface area contributed by atoms with Crippen LogP contribution < -0.4 is 10.1 Å². The first-order chi connectivity index (χ1) is 13.0. The molecular formula is C20H24N2O4S. The number of fused-ring (bicyclic) bond motifs is 1. The van der Waals surface area contributed by atoms with Crippen LogP contribution in [0.15, 0.2) is 35.7 Å². The highest BCUT2D eigenvalue weighted by Crippen LogP contribution is 2.38. The normalized spacial score (nSPS) is 21.7. The van der Waals surface area contributed by atoms with Gasteiger partial charge < -0.3 is 20.3 Å². The highest BCUT2D eigenvalue weighted by Gasteiger charge is 2.37. The molecule has 1 fully saturated rings. The van der Waals surface area contributed by atoms with Crippen molar-refractivity contribution in [3.05, 3.63) is 46.2 Å². The first kappa shape index (κ1) is 18.4. The van der Waals surface area contributed by atoms with Crippen molar-refractivity contribution in [2.75, 3.05) is 25.0 Å². The minimum Gasteiger partial charge on any atom is -0.482 e. The van der Waals surface area contributed by atoms with E-state index in [9.17, 15) is 15.0 Å². The number of ether oxygens (including phenoxy) is 1. The Balaban J connectivity index is 1.43. The number of anilines is 1. The van der Waals surface area contributed by atoms with Crippen molar-refractivity contribution in [1.82, 2.24) is 4.90 Å². The van der Waals surface area contributed by atoms with Crippen LogP contribution in [0.3, 0.4) is 0 Å². The summed E-state index contributed by atoms with van der Waals surface area (Å²) in [6, 6.07) is 9.25. The van der Waals surface area contributed by atoms with Crippen LogP contribution >= 0.6 is 11.3 Å².